The van der Waals surface area contributed by atoms with E-state index in [1.54, 1.807) is 23.1 Å². The number of benzene rings is 1. The third-order valence-corrected chi connectivity index (χ3v) is 5.37. The predicted molar refractivity (Wildman–Crippen MR) is 96.8 cm³/mol. The monoisotopic (exact) mass is 344 g/mol. The van der Waals surface area contributed by atoms with Gasteiger partial charge in [-0.1, -0.05) is 56.8 Å². The van der Waals surface area contributed by atoms with E-state index in [-0.39, 0.29) is 5.41 Å². The van der Waals surface area contributed by atoms with Crippen LogP contribution < -0.4 is 0 Å². The lowest BCUT2D eigenvalue weighted by molar-refractivity contribution is 0.590. The second kappa shape index (κ2) is 6.45. The van der Waals surface area contributed by atoms with Crippen LogP contribution in [0.25, 0.3) is 11.4 Å². The fourth-order valence-corrected chi connectivity index (χ4v) is 3.74. The fourth-order valence-electron chi connectivity index (χ4n) is 2.26. The number of hydrogen-bond acceptors (Lipinski definition) is 5. The van der Waals surface area contributed by atoms with Crippen LogP contribution in [0.1, 0.15) is 32.0 Å². The second-order valence-corrected chi connectivity index (χ2v) is 8.12. The van der Waals surface area contributed by atoms with Gasteiger partial charge >= 0.3 is 0 Å². The molecule has 6 heteroatoms. The smallest absolute Gasteiger partial charge is 0.191 e. The van der Waals surface area contributed by atoms with Gasteiger partial charge in [0.25, 0.3) is 0 Å². The maximum atomic E-state index is 4.35. The molecule has 0 saturated carbocycles. The molecule has 0 aliphatic heterocycles. The van der Waals surface area contributed by atoms with E-state index in [9.17, 15) is 0 Å². The predicted octanol–water partition coefficient (Wildman–Crippen LogP) is 4.53. The van der Waals surface area contributed by atoms with Gasteiger partial charge in [-0.25, -0.2) is 4.98 Å². The molecule has 2 heterocycles. The van der Waals surface area contributed by atoms with Gasteiger partial charge in [-0.3, -0.25) is 0 Å². The van der Waals surface area contributed by atoms with Gasteiger partial charge < -0.3 is 4.57 Å². The van der Waals surface area contributed by atoms with Crippen molar-refractivity contribution in [1.29, 1.82) is 0 Å². The first-order valence-corrected chi connectivity index (χ1v) is 9.38. The third kappa shape index (κ3) is 3.64. The van der Waals surface area contributed by atoms with Crippen LogP contribution in [0.3, 0.4) is 0 Å². The first-order valence-electron chi connectivity index (χ1n) is 7.45. The quantitative estimate of drug-likeness (QED) is 0.652. The van der Waals surface area contributed by atoms with Crippen LogP contribution in [0.5, 0.6) is 0 Å². The maximum Gasteiger partial charge on any atom is 0.191 e. The molecule has 0 bridgehead atoms. The molecule has 3 aromatic rings. The van der Waals surface area contributed by atoms with Gasteiger partial charge in [0.05, 0.1) is 11.2 Å². The number of thiazole rings is 1. The molecular formula is C17H20N4S2. The molecule has 1 aromatic carbocycles. The molecule has 0 amide bonds. The Labute approximate surface area is 145 Å². The Bertz CT molecular complexity index is 768. The molecule has 0 fully saturated rings. The van der Waals surface area contributed by atoms with Crippen molar-refractivity contribution in [1.82, 2.24) is 19.7 Å². The van der Waals surface area contributed by atoms with E-state index < -0.39 is 0 Å². The molecule has 0 unspecified atom stereocenters. The largest absolute Gasteiger partial charge is 0.305 e. The average molecular weight is 345 g/mol. The van der Waals surface area contributed by atoms with Crippen molar-refractivity contribution in [2.24, 2.45) is 7.05 Å². The molecule has 23 heavy (non-hydrogen) atoms. The van der Waals surface area contributed by atoms with E-state index >= 15 is 0 Å². The molecule has 3 rings (SSSR count). The number of aromatic nitrogens is 4. The van der Waals surface area contributed by atoms with Crippen molar-refractivity contribution in [2.45, 2.75) is 37.1 Å². The highest BCUT2D eigenvalue weighted by Crippen LogP contribution is 2.27. The Morgan fingerprint density at radius 1 is 1.13 bits per heavy atom. The van der Waals surface area contributed by atoms with E-state index in [1.807, 2.05) is 17.1 Å². The summed E-state index contributed by atoms with van der Waals surface area (Å²) < 4.78 is 2.04. The molecule has 120 valence electrons. The molecule has 4 nitrogen and oxygen atoms in total. The first-order chi connectivity index (χ1) is 10.9. The van der Waals surface area contributed by atoms with Crippen LogP contribution in [0.2, 0.25) is 0 Å². The minimum Gasteiger partial charge on any atom is -0.305 e. The number of hydrogen-bond donors (Lipinski definition) is 0. The minimum absolute atomic E-state index is 0.160. The van der Waals surface area contributed by atoms with Gasteiger partial charge in [-0.15, -0.1) is 21.5 Å². The summed E-state index contributed by atoms with van der Waals surface area (Å²) in [6.45, 7) is 6.66. The van der Waals surface area contributed by atoms with Crippen molar-refractivity contribution in [3.8, 4) is 11.4 Å². The Morgan fingerprint density at radius 2 is 1.87 bits per heavy atom. The van der Waals surface area contributed by atoms with Gasteiger partial charge in [0, 0.05) is 23.7 Å². The Hall–Kier alpha value is -1.66. The van der Waals surface area contributed by atoms with Crippen LogP contribution in [-0.4, -0.2) is 19.7 Å². The molecule has 0 radical (unpaired) electrons. The first kappa shape index (κ1) is 16.2. The highest BCUT2D eigenvalue weighted by Gasteiger charge is 2.15. The Kier molecular flexibility index (Phi) is 4.55. The van der Waals surface area contributed by atoms with Crippen LogP contribution >= 0.6 is 23.1 Å². The van der Waals surface area contributed by atoms with Crippen molar-refractivity contribution in [3.05, 3.63) is 46.4 Å². The minimum atomic E-state index is 0.160. The van der Waals surface area contributed by atoms with Crippen molar-refractivity contribution in [3.63, 3.8) is 0 Å². The number of rotatable bonds is 4. The zero-order chi connectivity index (χ0) is 16.4. The molecular weight excluding hydrogens is 324 g/mol. The molecule has 0 aliphatic rings. The highest BCUT2D eigenvalue weighted by atomic mass is 32.2. The summed E-state index contributed by atoms with van der Waals surface area (Å²) in [7, 11) is 2.01. The van der Waals surface area contributed by atoms with E-state index in [4.69, 9.17) is 0 Å². The van der Waals surface area contributed by atoms with Gasteiger partial charge in [0.15, 0.2) is 11.0 Å². The zero-order valence-corrected chi connectivity index (χ0v) is 15.4. The number of nitrogens with zero attached hydrogens (tertiary/aromatic N) is 4. The van der Waals surface area contributed by atoms with Crippen LogP contribution in [-0.2, 0) is 18.2 Å². The zero-order valence-electron chi connectivity index (χ0n) is 13.8. The molecule has 2 aromatic heterocycles. The highest BCUT2D eigenvalue weighted by molar-refractivity contribution is 7.98. The average Bonchev–Trinajstić information content (AvgIpc) is 3.14. The summed E-state index contributed by atoms with van der Waals surface area (Å²) in [6, 6.07) is 8.59. The van der Waals surface area contributed by atoms with Crippen molar-refractivity contribution in [2.75, 3.05) is 0 Å². The second-order valence-electron chi connectivity index (χ2n) is 6.46. The van der Waals surface area contributed by atoms with E-state index in [0.717, 1.165) is 28.0 Å². The van der Waals surface area contributed by atoms with Gasteiger partial charge in [-0.2, -0.15) is 0 Å². The summed E-state index contributed by atoms with van der Waals surface area (Å²) in [5.41, 5.74) is 5.51. The van der Waals surface area contributed by atoms with E-state index in [2.05, 4.69) is 65.6 Å². The third-order valence-electron chi connectivity index (χ3n) is 3.68. The summed E-state index contributed by atoms with van der Waals surface area (Å²) in [5.74, 6) is 1.71. The normalized spacial score (nSPS) is 11.8. The van der Waals surface area contributed by atoms with Crippen LogP contribution in [0, 0.1) is 0 Å². The summed E-state index contributed by atoms with van der Waals surface area (Å²) >= 11 is 3.28. The lowest BCUT2D eigenvalue weighted by atomic mass is 9.87. The molecule has 0 aliphatic carbocycles. The summed E-state index contributed by atoms with van der Waals surface area (Å²) in [5, 5.41) is 11.6. The topological polar surface area (TPSA) is 43.6 Å². The maximum absolute atomic E-state index is 4.35. The molecule has 0 atom stereocenters. The fraction of sp³-hybridized carbons (Fsp3) is 0.353. The molecule has 0 N–H and O–H groups in total. The van der Waals surface area contributed by atoms with Crippen molar-refractivity contribution < 1.29 is 0 Å². The van der Waals surface area contributed by atoms with Gasteiger partial charge in [0.1, 0.15) is 0 Å². The van der Waals surface area contributed by atoms with E-state index in [1.165, 1.54) is 5.56 Å². The van der Waals surface area contributed by atoms with Crippen LogP contribution in [0.15, 0.2) is 40.3 Å². The van der Waals surface area contributed by atoms with Gasteiger partial charge in [-0.05, 0) is 11.0 Å². The van der Waals surface area contributed by atoms with Crippen molar-refractivity contribution >= 4 is 23.1 Å². The lowest BCUT2D eigenvalue weighted by Gasteiger charge is -2.19. The summed E-state index contributed by atoms with van der Waals surface area (Å²) in [6.07, 6.45) is 0. The molecule has 0 saturated heterocycles. The summed E-state index contributed by atoms with van der Waals surface area (Å²) in [4.78, 5) is 4.30. The van der Waals surface area contributed by atoms with E-state index in [0.29, 0.717) is 0 Å². The van der Waals surface area contributed by atoms with Crippen LogP contribution in [0.4, 0.5) is 0 Å². The standard InChI is InChI=1S/C17H20N4S2/c1-17(2,3)13-7-5-12(6-8-13)15-19-20-16(21(15)4)23-10-14-9-22-11-18-14/h5-9,11H,10H2,1-4H3. The lowest BCUT2D eigenvalue weighted by Crippen LogP contribution is -2.10. The SMILES string of the molecule is Cn1c(SCc2cscn2)nnc1-c1ccc(C(C)(C)C)cc1. The Balaban J connectivity index is 1.78. The number of thioether (sulfide) groups is 1. The Morgan fingerprint density at radius 3 is 2.48 bits per heavy atom. The molecule has 0 spiro atoms. The van der Waals surface area contributed by atoms with Gasteiger partial charge in [0.2, 0.25) is 0 Å².